The summed E-state index contributed by atoms with van der Waals surface area (Å²) in [5, 5.41) is 10.2. The maximum atomic E-state index is 13.6. The second-order valence-corrected chi connectivity index (χ2v) is 11.1. The predicted molar refractivity (Wildman–Crippen MR) is 130 cm³/mol. The van der Waals surface area contributed by atoms with Crippen molar-refractivity contribution in [2.45, 2.75) is 51.2 Å². The number of aryl methyl sites for hydroxylation is 1. The number of rotatable bonds is 3. The van der Waals surface area contributed by atoms with Gasteiger partial charge in [-0.3, -0.25) is 9.47 Å². The maximum Gasteiger partial charge on any atom is 0.151 e. The molecule has 1 atom stereocenters. The molecule has 4 aliphatic rings. The lowest BCUT2D eigenvalue weighted by atomic mass is 9.57. The molecule has 3 aliphatic heterocycles. The fraction of sp³-hybridized carbons (Fsp3) is 0.500. The van der Waals surface area contributed by atoms with Crippen molar-refractivity contribution in [2.75, 3.05) is 31.2 Å². The summed E-state index contributed by atoms with van der Waals surface area (Å²) in [6.07, 6.45) is 3.22. The number of aromatic nitrogens is 4. The van der Waals surface area contributed by atoms with Crippen LogP contribution in [0.15, 0.2) is 30.3 Å². The summed E-state index contributed by atoms with van der Waals surface area (Å²) < 4.78 is 21.6. The van der Waals surface area contributed by atoms with Crippen molar-refractivity contribution < 1.29 is 9.13 Å². The molecule has 1 aliphatic carbocycles. The summed E-state index contributed by atoms with van der Waals surface area (Å²) in [6, 6.07) is 9.86. The van der Waals surface area contributed by atoms with Crippen LogP contribution in [0.3, 0.4) is 0 Å². The smallest absolute Gasteiger partial charge is 0.151 e. The molecule has 3 aromatic rings. The summed E-state index contributed by atoms with van der Waals surface area (Å²) in [7, 11) is 0. The number of hydrogen-bond acceptors (Lipinski definition) is 6. The fourth-order valence-corrected chi connectivity index (χ4v) is 6.64. The molecule has 35 heavy (non-hydrogen) atoms. The van der Waals surface area contributed by atoms with Crippen LogP contribution in [0.5, 0.6) is 0 Å². The molecule has 0 unspecified atom stereocenters. The number of anilines is 1. The van der Waals surface area contributed by atoms with Crippen molar-refractivity contribution in [1.29, 1.82) is 0 Å². The first-order valence-corrected chi connectivity index (χ1v) is 12.8. The highest BCUT2D eigenvalue weighted by atomic mass is 35.5. The molecule has 9 heteroatoms. The van der Waals surface area contributed by atoms with E-state index in [1.807, 2.05) is 6.07 Å². The highest BCUT2D eigenvalue weighted by Gasteiger charge is 2.54. The largest absolute Gasteiger partial charge is 0.380 e. The van der Waals surface area contributed by atoms with E-state index in [-0.39, 0.29) is 5.82 Å². The van der Waals surface area contributed by atoms with E-state index in [1.54, 1.807) is 13.0 Å². The van der Waals surface area contributed by atoms with Gasteiger partial charge in [-0.15, -0.1) is 10.2 Å². The molecule has 7 nitrogen and oxygen atoms in total. The SMILES string of the molecule is Cc1nc(N2CC3(CC(c4nnc5n4-c4ccc(Cl)cc4CN([C@H]4CCOC4)C5)C3)C2)ccc1F. The molecule has 0 bridgehead atoms. The van der Waals surface area contributed by atoms with Crippen LogP contribution in [0.1, 0.15) is 48.1 Å². The Balaban J connectivity index is 1.13. The predicted octanol–water partition coefficient (Wildman–Crippen LogP) is 4.25. The third-order valence-electron chi connectivity index (χ3n) is 8.28. The van der Waals surface area contributed by atoms with E-state index in [9.17, 15) is 4.39 Å². The van der Waals surface area contributed by atoms with Crippen LogP contribution in [-0.4, -0.2) is 57.0 Å². The summed E-state index contributed by atoms with van der Waals surface area (Å²) >= 11 is 6.41. The van der Waals surface area contributed by atoms with E-state index >= 15 is 0 Å². The Bertz CT molecular complexity index is 1290. The minimum atomic E-state index is -0.249. The highest BCUT2D eigenvalue weighted by Crippen LogP contribution is 2.56. The van der Waals surface area contributed by atoms with E-state index in [2.05, 4.69) is 36.6 Å². The Kier molecular flexibility index (Phi) is 4.95. The average Bonchev–Trinajstić information content (AvgIpc) is 3.42. The van der Waals surface area contributed by atoms with Gasteiger partial charge in [-0.25, -0.2) is 9.37 Å². The average molecular weight is 495 g/mol. The van der Waals surface area contributed by atoms with Gasteiger partial charge in [-0.2, -0.15) is 0 Å². The van der Waals surface area contributed by atoms with Crippen LogP contribution in [-0.2, 0) is 17.8 Å². The molecule has 1 aromatic carbocycles. The van der Waals surface area contributed by atoms with Gasteiger partial charge in [0.1, 0.15) is 17.5 Å². The fourth-order valence-electron chi connectivity index (χ4n) is 6.44. The zero-order valence-corrected chi connectivity index (χ0v) is 20.5. The highest BCUT2D eigenvalue weighted by molar-refractivity contribution is 6.30. The summed E-state index contributed by atoms with van der Waals surface area (Å²) in [5.74, 6) is 3.06. The number of pyridine rings is 1. The van der Waals surface area contributed by atoms with Gasteiger partial charge < -0.3 is 9.64 Å². The molecule has 182 valence electrons. The minimum absolute atomic E-state index is 0.249. The lowest BCUT2D eigenvalue weighted by Gasteiger charge is -2.59. The van der Waals surface area contributed by atoms with Crippen LogP contribution in [0.4, 0.5) is 10.2 Å². The Hall–Kier alpha value is -2.55. The van der Waals surface area contributed by atoms with Gasteiger partial charge in [0, 0.05) is 48.6 Å². The molecule has 2 saturated heterocycles. The zero-order valence-electron chi connectivity index (χ0n) is 19.8. The van der Waals surface area contributed by atoms with Crippen molar-refractivity contribution in [3.05, 3.63) is 64.1 Å². The van der Waals surface area contributed by atoms with Crippen LogP contribution in [0.25, 0.3) is 5.69 Å². The quantitative estimate of drug-likeness (QED) is 0.542. The second-order valence-electron chi connectivity index (χ2n) is 10.7. The van der Waals surface area contributed by atoms with Gasteiger partial charge in [0.15, 0.2) is 5.82 Å². The molecular formula is C26H28ClFN6O. The van der Waals surface area contributed by atoms with Gasteiger partial charge in [0.05, 0.1) is 24.5 Å². The first-order chi connectivity index (χ1) is 17.0. The molecule has 0 radical (unpaired) electrons. The Morgan fingerprint density at radius 1 is 1.11 bits per heavy atom. The third kappa shape index (κ3) is 3.57. The monoisotopic (exact) mass is 494 g/mol. The first kappa shape index (κ1) is 21.7. The van der Waals surface area contributed by atoms with Crippen molar-refractivity contribution in [1.82, 2.24) is 24.6 Å². The number of nitrogens with zero attached hydrogens (tertiary/aromatic N) is 6. The minimum Gasteiger partial charge on any atom is -0.380 e. The van der Waals surface area contributed by atoms with E-state index in [1.165, 1.54) is 11.6 Å². The molecule has 0 amide bonds. The zero-order chi connectivity index (χ0) is 23.7. The summed E-state index contributed by atoms with van der Waals surface area (Å²) in [4.78, 5) is 9.14. The van der Waals surface area contributed by atoms with E-state index in [0.717, 1.165) is 86.8 Å². The normalized spacial score (nSPS) is 23.5. The topological polar surface area (TPSA) is 59.3 Å². The lowest BCUT2D eigenvalue weighted by Crippen LogP contribution is -2.62. The Morgan fingerprint density at radius 3 is 2.74 bits per heavy atom. The molecule has 1 saturated carbocycles. The molecule has 1 spiro atoms. The van der Waals surface area contributed by atoms with Gasteiger partial charge in [-0.05, 0) is 62.1 Å². The molecule has 2 aromatic heterocycles. The van der Waals surface area contributed by atoms with Crippen molar-refractivity contribution in [2.24, 2.45) is 5.41 Å². The summed E-state index contributed by atoms with van der Waals surface area (Å²) in [5.41, 5.74) is 3.11. The van der Waals surface area contributed by atoms with Gasteiger partial charge in [-0.1, -0.05) is 11.6 Å². The van der Waals surface area contributed by atoms with Gasteiger partial charge in [0.25, 0.3) is 0 Å². The summed E-state index contributed by atoms with van der Waals surface area (Å²) in [6.45, 7) is 6.82. The van der Waals surface area contributed by atoms with E-state index in [0.29, 0.717) is 23.1 Å². The number of hydrogen-bond donors (Lipinski definition) is 0. The molecule has 7 rings (SSSR count). The number of benzene rings is 1. The van der Waals surface area contributed by atoms with Crippen molar-refractivity contribution in [3.63, 3.8) is 0 Å². The molecule has 5 heterocycles. The van der Waals surface area contributed by atoms with Crippen molar-refractivity contribution >= 4 is 17.4 Å². The lowest BCUT2D eigenvalue weighted by molar-refractivity contribution is 0.0581. The third-order valence-corrected chi connectivity index (χ3v) is 8.52. The number of fused-ring (bicyclic) bond motifs is 3. The van der Waals surface area contributed by atoms with Gasteiger partial charge >= 0.3 is 0 Å². The molecule has 3 fully saturated rings. The van der Waals surface area contributed by atoms with Crippen LogP contribution < -0.4 is 4.90 Å². The van der Waals surface area contributed by atoms with Gasteiger partial charge in [0.2, 0.25) is 0 Å². The second kappa shape index (κ2) is 7.98. The van der Waals surface area contributed by atoms with Crippen LogP contribution >= 0.6 is 11.6 Å². The Morgan fingerprint density at radius 2 is 1.97 bits per heavy atom. The van der Waals surface area contributed by atoms with Crippen molar-refractivity contribution in [3.8, 4) is 5.69 Å². The van der Waals surface area contributed by atoms with Crippen LogP contribution in [0, 0.1) is 18.2 Å². The number of ether oxygens (including phenoxy) is 1. The number of halogens is 2. The van der Waals surface area contributed by atoms with E-state index in [4.69, 9.17) is 21.4 Å². The van der Waals surface area contributed by atoms with E-state index < -0.39 is 0 Å². The first-order valence-electron chi connectivity index (χ1n) is 12.4. The maximum absolute atomic E-state index is 13.6. The molecular weight excluding hydrogens is 467 g/mol. The van der Waals surface area contributed by atoms with Crippen LogP contribution in [0.2, 0.25) is 5.02 Å². The Labute approximate surface area is 208 Å². The molecule has 0 N–H and O–H groups in total. The standard InChI is InChI=1S/C26H28ClFN6O/c1-16-21(28)3-5-23(29-16)33-14-26(15-33)9-18(10-26)25-31-30-24-12-32(20-6-7-35-13-20)11-17-8-19(27)2-4-22(17)34(24)25/h2-5,8,18,20H,6-7,9-15H2,1H3/t20-/m0/s1.